The van der Waals surface area contributed by atoms with Crippen LogP contribution in [-0.4, -0.2) is 19.6 Å². The molecule has 0 unspecified atom stereocenters. The predicted octanol–water partition coefficient (Wildman–Crippen LogP) is 1.98. The smallest absolute Gasteiger partial charge is 0.224 e. The number of aromatic nitrogens is 4. The summed E-state index contributed by atoms with van der Waals surface area (Å²) in [6.45, 7) is 0. The average molecular weight is 286 g/mol. The molecule has 3 N–H and O–H groups in total. The Morgan fingerprint density at radius 3 is 2.95 bits per heavy atom. The maximum Gasteiger partial charge on any atom is 0.224 e. The van der Waals surface area contributed by atoms with Crippen LogP contribution in [-0.2, 0) is 0 Å². The number of nitriles is 1. The summed E-state index contributed by atoms with van der Waals surface area (Å²) in [6.07, 6.45) is 1.29. The van der Waals surface area contributed by atoms with E-state index in [0.29, 0.717) is 27.7 Å². The van der Waals surface area contributed by atoms with Crippen molar-refractivity contribution in [3.8, 4) is 6.07 Å². The fraction of sp³-hybridized carbons (Fsp3) is 0. The number of nitrogens with two attached hydrogens (primary N) is 1. The van der Waals surface area contributed by atoms with Crippen molar-refractivity contribution in [3.05, 3.63) is 41.2 Å². The highest BCUT2D eigenvalue weighted by atomic mass is 35.5. The number of halogens is 1. The Balaban J connectivity index is 2.12. The number of benzene rings is 1. The number of nitrogen functional groups attached to an aromatic ring is 1. The third-order valence-electron chi connectivity index (χ3n) is 2.65. The molecule has 0 spiro atoms. The molecule has 0 saturated heterocycles. The van der Waals surface area contributed by atoms with Crippen LogP contribution < -0.4 is 11.1 Å². The highest BCUT2D eigenvalue weighted by Crippen LogP contribution is 2.24. The Hall–Kier alpha value is -2.85. The van der Waals surface area contributed by atoms with E-state index in [-0.39, 0.29) is 5.95 Å². The van der Waals surface area contributed by atoms with Crippen LogP contribution >= 0.6 is 11.6 Å². The Morgan fingerprint density at radius 1 is 1.35 bits per heavy atom. The Bertz CT molecular complexity index is 833. The molecule has 0 aliphatic heterocycles. The van der Waals surface area contributed by atoms with Gasteiger partial charge in [0.25, 0.3) is 0 Å². The van der Waals surface area contributed by atoms with Crippen LogP contribution in [0.25, 0.3) is 5.65 Å². The van der Waals surface area contributed by atoms with Crippen LogP contribution in [0.5, 0.6) is 0 Å². The van der Waals surface area contributed by atoms with Gasteiger partial charge in [-0.2, -0.15) is 9.78 Å². The normalized spacial score (nSPS) is 10.4. The van der Waals surface area contributed by atoms with Crippen molar-refractivity contribution in [2.75, 3.05) is 11.1 Å². The highest BCUT2D eigenvalue weighted by Gasteiger charge is 2.15. The van der Waals surface area contributed by atoms with Crippen LogP contribution in [0.15, 0.2) is 30.6 Å². The van der Waals surface area contributed by atoms with E-state index in [2.05, 4.69) is 26.5 Å². The SMILES string of the molecule is N#Cc1c(Nc2cccc(Cl)c2)nn2c(N)ncnc12. The minimum atomic E-state index is 0.158. The number of nitrogens with one attached hydrogen (secondary N) is 1. The molecule has 3 rings (SSSR count). The van der Waals surface area contributed by atoms with Crippen molar-refractivity contribution in [2.24, 2.45) is 0 Å². The topological polar surface area (TPSA) is 105 Å². The van der Waals surface area contributed by atoms with E-state index in [9.17, 15) is 5.26 Å². The summed E-state index contributed by atoms with van der Waals surface area (Å²) in [5.41, 5.74) is 7.06. The third kappa shape index (κ3) is 1.98. The minimum absolute atomic E-state index is 0.158. The first-order valence-electron chi connectivity index (χ1n) is 5.61. The summed E-state index contributed by atoms with van der Waals surface area (Å²) in [5, 5.41) is 17.1. The first-order valence-corrected chi connectivity index (χ1v) is 5.99. The fourth-order valence-corrected chi connectivity index (χ4v) is 1.97. The summed E-state index contributed by atoms with van der Waals surface area (Å²) >= 11 is 5.92. The van der Waals surface area contributed by atoms with Gasteiger partial charge in [-0.3, -0.25) is 0 Å². The van der Waals surface area contributed by atoms with Crippen LogP contribution in [0.1, 0.15) is 5.56 Å². The number of hydrogen-bond acceptors (Lipinski definition) is 6. The third-order valence-corrected chi connectivity index (χ3v) is 2.88. The molecule has 0 aliphatic carbocycles. The molecule has 0 bridgehead atoms. The van der Waals surface area contributed by atoms with Gasteiger partial charge in [0.2, 0.25) is 5.95 Å². The van der Waals surface area contributed by atoms with Crippen LogP contribution in [0, 0.1) is 11.3 Å². The van der Waals surface area contributed by atoms with Gasteiger partial charge in [-0.05, 0) is 18.2 Å². The molecule has 3 aromatic rings. The molecule has 0 atom stereocenters. The lowest BCUT2D eigenvalue weighted by molar-refractivity contribution is 0.912. The Labute approximate surface area is 118 Å². The van der Waals surface area contributed by atoms with Gasteiger partial charge < -0.3 is 11.1 Å². The first-order chi connectivity index (χ1) is 9.69. The Kier molecular flexibility index (Phi) is 2.85. The summed E-state index contributed by atoms with van der Waals surface area (Å²) in [6, 6.07) is 9.14. The quantitative estimate of drug-likeness (QED) is 0.746. The molecule has 8 heteroatoms. The van der Waals surface area contributed by atoms with Crippen molar-refractivity contribution in [2.45, 2.75) is 0 Å². The number of nitrogens with zero attached hydrogens (tertiary/aromatic N) is 5. The van der Waals surface area contributed by atoms with E-state index in [1.807, 2.05) is 6.07 Å². The van der Waals surface area contributed by atoms with Gasteiger partial charge in [0.05, 0.1) is 0 Å². The van der Waals surface area contributed by atoms with Gasteiger partial charge in [-0.1, -0.05) is 17.7 Å². The molecule has 0 fully saturated rings. The lowest BCUT2D eigenvalue weighted by Crippen LogP contribution is -2.02. The van der Waals surface area contributed by atoms with Gasteiger partial charge in [0.15, 0.2) is 11.5 Å². The van der Waals surface area contributed by atoms with E-state index in [4.69, 9.17) is 17.3 Å². The molecule has 2 heterocycles. The molecule has 7 nitrogen and oxygen atoms in total. The lowest BCUT2D eigenvalue weighted by atomic mass is 10.3. The molecule has 0 aliphatic rings. The second kappa shape index (κ2) is 4.68. The minimum Gasteiger partial charge on any atom is -0.368 e. The van der Waals surface area contributed by atoms with E-state index in [0.717, 1.165) is 0 Å². The fourth-order valence-electron chi connectivity index (χ4n) is 1.78. The molecule has 0 saturated carbocycles. The summed E-state index contributed by atoms with van der Waals surface area (Å²) in [4.78, 5) is 7.84. The molecular formula is C12H8ClN7. The van der Waals surface area contributed by atoms with Crippen molar-refractivity contribution >= 4 is 34.7 Å². The Morgan fingerprint density at radius 2 is 2.20 bits per heavy atom. The molecule has 0 radical (unpaired) electrons. The van der Waals surface area contributed by atoms with Gasteiger partial charge in [0.1, 0.15) is 18.0 Å². The molecule has 98 valence electrons. The molecule has 2 aromatic heterocycles. The first kappa shape index (κ1) is 12.2. The second-order valence-electron chi connectivity index (χ2n) is 3.94. The standard InChI is InChI=1S/C12H8ClN7/c13-7-2-1-3-8(4-7)18-10-9(5-14)11-16-6-17-12(15)20(11)19-10/h1-4,6H,(H,18,19)(H2,15,16,17). The monoisotopic (exact) mass is 285 g/mol. The van der Waals surface area contributed by atoms with Crippen molar-refractivity contribution in [3.63, 3.8) is 0 Å². The molecule has 20 heavy (non-hydrogen) atoms. The largest absolute Gasteiger partial charge is 0.368 e. The van der Waals surface area contributed by atoms with Crippen LogP contribution in [0.2, 0.25) is 5.02 Å². The van der Waals surface area contributed by atoms with Crippen LogP contribution in [0.4, 0.5) is 17.5 Å². The zero-order chi connectivity index (χ0) is 14.1. The van der Waals surface area contributed by atoms with Gasteiger partial charge in [-0.15, -0.1) is 5.10 Å². The number of rotatable bonds is 2. The van der Waals surface area contributed by atoms with Crippen molar-refractivity contribution in [1.82, 2.24) is 19.6 Å². The van der Waals surface area contributed by atoms with Gasteiger partial charge in [0, 0.05) is 10.7 Å². The van der Waals surface area contributed by atoms with Gasteiger partial charge >= 0.3 is 0 Å². The molecule has 1 aromatic carbocycles. The summed E-state index contributed by atoms with van der Waals surface area (Å²) in [5.74, 6) is 0.507. The van der Waals surface area contributed by atoms with Gasteiger partial charge in [-0.25, -0.2) is 9.97 Å². The maximum atomic E-state index is 9.26. The zero-order valence-electron chi connectivity index (χ0n) is 10.1. The zero-order valence-corrected chi connectivity index (χ0v) is 10.8. The average Bonchev–Trinajstić information content (AvgIpc) is 2.77. The van der Waals surface area contributed by atoms with E-state index >= 15 is 0 Å². The number of anilines is 3. The van der Waals surface area contributed by atoms with Crippen molar-refractivity contribution in [1.29, 1.82) is 5.26 Å². The lowest BCUT2D eigenvalue weighted by Gasteiger charge is -2.02. The molecular weight excluding hydrogens is 278 g/mol. The predicted molar refractivity (Wildman–Crippen MR) is 74.6 cm³/mol. The van der Waals surface area contributed by atoms with E-state index in [1.165, 1.54) is 10.8 Å². The number of hydrogen-bond donors (Lipinski definition) is 2. The van der Waals surface area contributed by atoms with E-state index in [1.54, 1.807) is 18.2 Å². The highest BCUT2D eigenvalue weighted by molar-refractivity contribution is 6.30. The second-order valence-corrected chi connectivity index (χ2v) is 4.37. The van der Waals surface area contributed by atoms with Crippen LogP contribution in [0.3, 0.4) is 0 Å². The van der Waals surface area contributed by atoms with E-state index < -0.39 is 0 Å². The molecule has 0 amide bonds. The number of fused-ring (bicyclic) bond motifs is 1. The van der Waals surface area contributed by atoms with Crippen molar-refractivity contribution < 1.29 is 0 Å². The summed E-state index contributed by atoms with van der Waals surface area (Å²) < 4.78 is 1.31. The summed E-state index contributed by atoms with van der Waals surface area (Å²) in [7, 11) is 0. The maximum absolute atomic E-state index is 9.26.